The van der Waals surface area contributed by atoms with E-state index in [2.05, 4.69) is 0 Å². The van der Waals surface area contributed by atoms with Gasteiger partial charge in [-0.1, -0.05) is 24.3 Å². The van der Waals surface area contributed by atoms with Crippen LogP contribution in [0.4, 0.5) is 0 Å². The fraction of sp³-hybridized carbons (Fsp3) is 0.361. The van der Waals surface area contributed by atoms with Crippen LogP contribution in [0.1, 0.15) is 95.4 Å². The van der Waals surface area contributed by atoms with Crippen molar-refractivity contribution in [2.75, 3.05) is 71.1 Å². The average molecular weight is 1100 g/mol. The van der Waals surface area contributed by atoms with Crippen molar-refractivity contribution >= 4 is 17.9 Å². The van der Waals surface area contributed by atoms with Crippen LogP contribution in [-0.4, -0.2) is 107 Å². The fourth-order valence-electron chi connectivity index (χ4n) is 11.1. The van der Waals surface area contributed by atoms with E-state index < -0.39 is 66.4 Å². The Bertz CT molecular complexity index is 3300. The molecule has 0 saturated heterocycles. The molecule has 0 amide bonds. The molecular weight excluding hydrogens is 1040 g/mol. The zero-order chi connectivity index (χ0) is 57.1. The molecule has 19 nitrogen and oxygen atoms in total. The number of methoxy groups -OCH3 is 10. The zero-order valence-corrected chi connectivity index (χ0v) is 46.7. The van der Waals surface area contributed by atoms with Crippen molar-refractivity contribution in [3.05, 3.63) is 136 Å². The molecule has 9 rings (SSSR count). The maximum absolute atomic E-state index is 13.7. The summed E-state index contributed by atoms with van der Waals surface area (Å²) < 4.78 is 98.5. The Hall–Kier alpha value is -8.87. The smallest absolute Gasteiger partial charge is 0.303 e. The molecule has 422 valence electrons. The molecular formula is C61H64O19. The molecule has 0 bridgehead atoms. The molecule has 8 unspecified atom stereocenters. The SMILES string of the molecule is COc1ccc2c(c1)OC(c1ccc(OC)c(OC)c1)C(OC(C)=O)C2c1cc2c(cc1OC)OC(c1ccc(OC)c(OC)c1)C(OC(C)=O)C2c1cc2c(c(OC)c1OC)OC(c1ccc(OC)c(OC)c1)C(OC(C)=O)C2. The van der Waals surface area contributed by atoms with Gasteiger partial charge in [-0.05, 0) is 54.6 Å². The number of ether oxygens (including phenoxy) is 16. The van der Waals surface area contributed by atoms with E-state index in [1.54, 1.807) is 67.8 Å². The lowest BCUT2D eigenvalue weighted by Crippen LogP contribution is -2.40. The van der Waals surface area contributed by atoms with Crippen LogP contribution in [-0.2, 0) is 35.0 Å². The lowest BCUT2D eigenvalue weighted by atomic mass is 9.75. The highest BCUT2D eigenvalue weighted by Crippen LogP contribution is 2.59. The van der Waals surface area contributed by atoms with Crippen LogP contribution in [0, 0.1) is 0 Å². The molecule has 0 radical (unpaired) electrons. The van der Waals surface area contributed by atoms with Gasteiger partial charge >= 0.3 is 17.9 Å². The Balaban J connectivity index is 1.32. The van der Waals surface area contributed by atoms with Crippen molar-refractivity contribution in [1.82, 2.24) is 0 Å². The van der Waals surface area contributed by atoms with E-state index >= 15 is 0 Å². The topological polar surface area (TPSA) is 199 Å². The van der Waals surface area contributed by atoms with Gasteiger partial charge in [0.1, 0.15) is 29.1 Å². The molecule has 0 aliphatic carbocycles. The predicted molar refractivity (Wildman–Crippen MR) is 288 cm³/mol. The highest BCUT2D eigenvalue weighted by atomic mass is 16.6. The monoisotopic (exact) mass is 1100 g/mol. The molecule has 8 atom stereocenters. The number of carbonyl (C=O) groups is 3. The summed E-state index contributed by atoms with van der Waals surface area (Å²) in [5, 5.41) is 0. The van der Waals surface area contributed by atoms with E-state index in [1.165, 1.54) is 84.8 Å². The minimum Gasteiger partial charge on any atom is -0.497 e. The van der Waals surface area contributed by atoms with Crippen LogP contribution in [0.2, 0.25) is 0 Å². The predicted octanol–water partition coefficient (Wildman–Crippen LogP) is 9.78. The van der Waals surface area contributed by atoms with Crippen molar-refractivity contribution in [3.63, 3.8) is 0 Å². The van der Waals surface area contributed by atoms with Gasteiger partial charge in [-0.3, -0.25) is 14.4 Å². The van der Waals surface area contributed by atoms with Gasteiger partial charge in [-0.2, -0.15) is 0 Å². The summed E-state index contributed by atoms with van der Waals surface area (Å²) >= 11 is 0. The van der Waals surface area contributed by atoms with Crippen LogP contribution in [0.15, 0.2) is 91.0 Å². The molecule has 3 heterocycles. The second kappa shape index (κ2) is 23.6. The van der Waals surface area contributed by atoms with E-state index in [0.717, 1.165) is 0 Å². The highest BCUT2D eigenvalue weighted by molar-refractivity contribution is 5.71. The molecule has 0 saturated carbocycles. The first-order valence-electron chi connectivity index (χ1n) is 25.5. The van der Waals surface area contributed by atoms with Crippen molar-refractivity contribution in [1.29, 1.82) is 0 Å². The third-order valence-corrected chi connectivity index (χ3v) is 14.5. The van der Waals surface area contributed by atoms with Gasteiger partial charge in [0.05, 0.1) is 82.9 Å². The van der Waals surface area contributed by atoms with E-state index in [-0.39, 0.29) is 17.9 Å². The summed E-state index contributed by atoms with van der Waals surface area (Å²) in [5.41, 5.74) is 4.53. The summed E-state index contributed by atoms with van der Waals surface area (Å²) in [6, 6.07) is 26.9. The van der Waals surface area contributed by atoms with Crippen molar-refractivity contribution in [2.24, 2.45) is 0 Å². The zero-order valence-electron chi connectivity index (χ0n) is 46.7. The van der Waals surface area contributed by atoms with Crippen LogP contribution in [0.5, 0.6) is 74.7 Å². The second-order valence-electron chi connectivity index (χ2n) is 19.0. The minimum atomic E-state index is -1.17. The Morgan fingerprint density at radius 1 is 0.388 bits per heavy atom. The van der Waals surface area contributed by atoms with Gasteiger partial charge in [0, 0.05) is 83.8 Å². The summed E-state index contributed by atoms with van der Waals surface area (Å²) in [6.07, 6.45) is -5.79. The highest BCUT2D eigenvalue weighted by Gasteiger charge is 2.50. The molecule has 3 aliphatic heterocycles. The lowest BCUT2D eigenvalue weighted by Gasteiger charge is -2.43. The summed E-state index contributed by atoms with van der Waals surface area (Å²) in [4.78, 5) is 40.2. The molecule has 0 spiro atoms. The first kappa shape index (κ1) is 55.9. The standard InChI is InChI=1S/C61H64O19/c1-30(62)75-51-26-36-22-41(58(73-12)61(74-13)57(36)80-54(51)33-14-19-42(66-5)48(23-33)70-9)53-40-28-39(45(69-8)29-47(40)79-56(60(53)77-32(3)64)35-16-21-44(68-7)50(25-35)72-11)52-38-18-17-37(65-4)27-46(38)78-55(59(52)76-31(2)63)34-15-20-43(67-6)49(24-34)71-10/h14-25,27-29,51-56,59-60H,26H2,1-13H3. The van der Waals surface area contributed by atoms with E-state index in [4.69, 9.17) is 75.8 Å². The maximum atomic E-state index is 13.7. The first-order chi connectivity index (χ1) is 38.6. The molecule has 0 fully saturated rings. The largest absolute Gasteiger partial charge is 0.497 e. The van der Waals surface area contributed by atoms with Crippen LogP contribution >= 0.6 is 0 Å². The maximum Gasteiger partial charge on any atom is 0.303 e. The fourth-order valence-corrected chi connectivity index (χ4v) is 11.1. The van der Waals surface area contributed by atoms with Gasteiger partial charge in [-0.15, -0.1) is 0 Å². The number of fused-ring (bicyclic) bond motifs is 3. The van der Waals surface area contributed by atoms with Crippen molar-refractivity contribution in [2.45, 2.75) is 75.7 Å². The summed E-state index contributed by atoms with van der Waals surface area (Å²) in [6.45, 7) is 3.98. The minimum absolute atomic E-state index is 0.131. The number of rotatable bonds is 18. The van der Waals surface area contributed by atoms with Gasteiger partial charge in [-0.25, -0.2) is 0 Å². The van der Waals surface area contributed by atoms with Gasteiger partial charge in [0.15, 0.2) is 76.5 Å². The molecule has 80 heavy (non-hydrogen) atoms. The average Bonchev–Trinajstić information content (AvgIpc) is 3.50. The third-order valence-electron chi connectivity index (χ3n) is 14.5. The van der Waals surface area contributed by atoms with E-state index in [0.29, 0.717) is 108 Å². The Morgan fingerprint density at radius 3 is 1.30 bits per heavy atom. The Labute approximate surface area is 463 Å². The Morgan fingerprint density at radius 2 is 0.850 bits per heavy atom. The molecule has 19 heteroatoms. The van der Waals surface area contributed by atoms with Gasteiger partial charge in [0.25, 0.3) is 0 Å². The number of benzene rings is 6. The van der Waals surface area contributed by atoms with Gasteiger partial charge < -0.3 is 75.8 Å². The van der Waals surface area contributed by atoms with Crippen molar-refractivity contribution < 1.29 is 90.2 Å². The third kappa shape index (κ3) is 10.5. The van der Waals surface area contributed by atoms with Crippen LogP contribution in [0.25, 0.3) is 0 Å². The van der Waals surface area contributed by atoms with Crippen LogP contribution < -0.4 is 61.6 Å². The second-order valence-corrected chi connectivity index (χ2v) is 19.0. The lowest BCUT2D eigenvalue weighted by molar-refractivity contribution is -0.154. The number of esters is 3. The first-order valence-corrected chi connectivity index (χ1v) is 25.5. The number of carbonyl (C=O) groups excluding carboxylic acids is 3. The van der Waals surface area contributed by atoms with E-state index in [9.17, 15) is 14.4 Å². The summed E-state index contributed by atoms with van der Waals surface area (Å²) in [5.74, 6) is 1.55. The van der Waals surface area contributed by atoms with Crippen LogP contribution in [0.3, 0.4) is 0 Å². The molecule has 0 aromatic heterocycles. The Kier molecular flexibility index (Phi) is 16.5. The molecule has 6 aromatic rings. The summed E-state index contributed by atoms with van der Waals surface area (Å²) in [7, 11) is 15.3. The molecule has 6 aromatic carbocycles. The number of hydrogen-bond acceptors (Lipinski definition) is 19. The molecule has 3 aliphatic rings. The number of hydrogen-bond donors (Lipinski definition) is 0. The van der Waals surface area contributed by atoms with Crippen molar-refractivity contribution in [3.8, 4) is 74.7 Å². The van der Waals surface area contributed by atoms with Gasteiger partial charge in [0.2, 0.25) is 5.75 Å². The van der Waals surface area contributed by atoms with E-state index in [1.807, 2.05) is 30.3 Å². The molecule has 0 N–H and O–H groups in total. The quantitative estimate of drug-likeness (QED) is 0.0581. The normalized spacial score (nSPS) is 20.5.